The fourth-order valence-electron chi connectivity index (χ4n) is 2.75. The Labute approximate surface area is 134 Å². The van der Waals surface area contributed by atoms with Crippen molar-refractivity contribution in [3.05, 3.63) is 54.0 Å². The zero-order valence-corrected chi connectivity index (χ0v) is 12.7. The van der Waals surface area contributed by atoms with Crippen molar-refractivity contribution < 1.29 is 14.0 Å². The number of amides is 2. The number of para-hydroxylation sites is 1. The van der Waals surface area contributed by atoms with E-state index in [2.05, 4.69) is 5.32 Å². The van der Waals surface area contributed by atoms with Crippen molar-refractivity contribution in [2.24, 2.45) is 0 Å². The molecule has 0 unspecified atom stereocenters. The maximum Gasteiger partial charge on any atom is 0.289 e. The first-order chi connectivity index (χ1) is 11.1. The molecule has 6 nitrogen and oxygen atoms in total. The van der Waals surface area contributed by atoms with Gasteiger partial charge in [0.25, 0.3) is 11.8 Å². The normalized spacial score (nSPS) is 15.4. The molecular weight excluding hydrogens is 294 g/mol. The van der Waals surface area contributed by atoms with E-state index in [1.54, 1.807) is 41.3 Å². The van der Waals surface area contributed by atoms with E-state index in [1.807, 2.05) is 0 Å². The first-order valence-corrected chi connectivity index (χ1v) is 7.63. The van der Waals surface area contributed by atoms with Gasteiger partial charge in [-0.2, -0.15) is 0 Å². The van der Waals surface area contributed by atoms with E-state index in [9.17, 15) is 9.59 Å². The molecule has 0 radical (unpaired) electrons. The topological polar surface area (TPSA) is 88.6 Å². The summed E-state index contributed by atoms with van der Waals surface area (Å²) in [6.07, 6.45) is 2.92. The molecule has 2 amide bonds. The molecule has 1 aromatic carbocycles. The monoisotopic (exact) mass is 313 g/mol. The van der Waals surface area contributed by atoms with Gasteiger partial charge in [-0.05, 0) is 37.1 Å². The molecule has 0 atom stereocenters. The smallest absolute Gasteiger partial charge is 0.289 e. The van der Waals surface area contributed by atoms with E-state index in [0.717, 1.165) is 0 Å². The maximum absolute atomic E-state index is 12.2. The minimum Gasteiger partial charge on any atom is -0.459 e. The van der Waals surface area contributed by atoms with Crippen LogP contribution in [0.2, 0.25) is 0 Å². The van der Waals surface area contributed by atoms with Crippen LogP contribution in [-0.4, -0.2) is 35.8 Å². The van der Waals surface area contributed by atoms with Gasteiger partial charge in [0.05, 0.1) is 11.8 Å². The number of hydrogen-bond acceptors (Lipinski definition) is 4. The van der Waals surface area contributed by atoms with Gasteiger partial charge >= 0.3 is 0 Å². The second-order valence-electron chi connectivity index (χ2n) is 5.60. The molecule has 3 rings (SSSR count). The summed E-state index contributed by atoms with van der Waals surface area (Å²) in [6, 6.07) is 10.4. The molecule has 0 bridgehead atoms. The summed E-state index contributed by atoms with van der Waals surface area (Å²) in [6.45, 7) is 1.18. The number of nitrogens with two attached hydrogens (primary N) is 1. The van der Waals surface area contributed by atoms with Gasteiger partial charge in [0.2, 0.25) is 0 Å². The lowest BCUT2D eigenvalue weighted by molar-refractivity contribution is 0.0667. The molecule has 0 spiro atoms. The molecule has 23 heavy (non-hydrogen) atoms. The highest BCUT2D eigenvalue weighted by atomic mass is 16.3. The number of nitrogen functional groups attached to an aromatic ring is 1. The third-order valence-corrected chi connectivity index (χ3v) is 4.05. The van der Waals surface area contributed by atoms with E-state index >= 15 is 0 Å². The molecule has 2 aromatic rings. The van der Waals surface area contributed by atoms with Crippen LogP contribution in [0.25, 0.3) is 0 Å². The summed E-state index contributed by atoms with van der Waals surface area (Å²) in [5.41, 5.74) is 6.77. The second-order valence-corrected chi connectivity index (χ2v) is 5.60. The molecule has 1 aromatic heterocycles. The quantitative estimate of drug-likeness (QED) is 0.847. The summed E-state index contributed by atoms with van der Waals surface area (Å²) in [7, 11) is 0. The molecule has 120 valence electrons. The molecule has 0 saturated carbocycles. The number of carbonyl (C=O) groups is 2. The lowest BCUT2D eigenvalue weighted by atomic mass is 10.0. The molecule has 1 fully saturated rings. The lowest BCUT2D eigenvalue weighted by Crippen LogP contribution is -2.46. The van der Waals surface area contributed by atoms with Crippen LogP contribution in [-0.2, 0) is 0 Å². The third-order valence-electron chi connectivity index (χ3n) is 4.05. The fourth-order valence-corrected chi connectivity index (χ4v) is 2.75. The Morgan fingerprint density at radius 3 is 2.52 bits per heavy atom. The van der Waals surface area contributed by atoms with Gasteiger partial charge < -0.3 is 20.4 Å². The number of anilines is 1. The number of carbonyl (C=O) groups excluding carboxylic acids is 2. The minimum absolute atomic E-state index is 0.0442. The van der Waals surface area contributed by atoms with Gasteiger partial charge in [0.15, 0.2) is 5.76 Å². The van der Waals surface area contributed by atoms with Crippen molar-refractivity contribution in [3.8, 4) is 0 Å². The van der Waals surface area contributed by atoms with Crippen LogP contribution in [0.3, 0.4) is 0 Å². The largest absolute Gasteiger partial charge is 0.459 e. The van der Waals surface area contributed by atoms with Crippen LogP contribution < -0.4 is 11.1 Å². The Morgan fingerprint density at radius 2 is 1.87 bits per heavy atom. The highest BCUT2D eigenvalue weighted by molar-refractivity contribution is 5.99. The number of hydrogen-bond donors (Lipinski definition) is 2. The van der Waals surface area contributed by atoms with Gasteiger partial charge in [0, 0.05) is 24.8 Å². The fraction of sp³-hybridized carbons (Fsp3) is 0.294. The number of nitrogens with zero attached hydrogens (tertiary/aromatic N) is 1. The maximum atomic E-state index is 12.2. The summed E-state index contributed by atoms with van der Waals surface area (Å²) in [5, 5.41) is 2.99. The number of rotatable bonds is 3. The van der Waals surface area contributed by atoms with Crippen molar-refractivity contribution >= 4 is 17.5 Å². The first-order valence-electron chi connectivity index (χ1n) is 7.63. The Hall–Kier alpha value is -2.76. The van der Waals surface area contributed by atoms with Gasteiger partial charge in [0.1, 0.15) is 0 Å². The Morgan fingerprint density at radius 1 is 1.13 bits per heavy atom. The molecule has 0 aliphatic carbocycles. The number of piperidine rings is 1. The standard InChI is InChI=1S/C17H19N3O3/c18-14-5-2-1-4-13(14)16(21)19-12-7-9-20(10-8-12)17(22)15-6-3-11-23-15/h1-6,11-12H,7-10,18H2,(H,19,21). The van der Waals surface area contributed by atoms with E-state index in [4.69, 9.17) is 10.2 Å². The highest BCUT2D eigenvalue weighted by Crippen LogP contribution is 2.16. The SMILES string of the molecule is Nc1ccccc1C(=O)NC1CCN(C(=O)c2ccco2)CC1. The molecular formula is C17H19N3O3. The van der Waals surface area contributed by atoms with Crippen LogP contribution in [0.4, 0.5) is 5.69 Å². The number of benzene rings is 1. The zero-order chi connectivity index (χ0) is 16.2. The van der Waals surface area contributed by atoms with Crippen LogP contribution in [0.1, 0.15) is 33.8 Å². The Kier molecular flexibility index (Phi) is 4.32. The van der Waals surface area contributed by atoms with Gasteiger partial charge in [-0.3, -0.25) is 9.59 Å². The molecule has 1 aliphatic rings. The molecule has 6 heteroatoms. The average Bonchev–Trinajstić information content (AvgIpc) is 3.09. The van der Waals surface area contributed by atoms with Crippen molar-refractivity contribution in [2.75, 3.05) is 18.8 Å². The highest BCUT2D eigenvalue weighted by Gasteiger charge is 2.26. The number of furan rings is 1. The molecule has 3 N–H and O–H groups in total. The van der Waals surface area contributed by atoms with Crippen LogP contribution in [0, 0.1) is 0 Å². The molecule has 1 saturated heterocycles. The van der Waals surface area contributed by atoms with Crippen LogP contribution in [0.5, 0.6) is 0 Å². The third kappa shape index (κ3) is 3.36. The van der Waals surface area contributed by atoms with Crippen LogP contribution >= 0.6 is 0 Å². The summed E-state index contributed by atoms with van der Waals surface area (Å²) in [4.78, 5) is 26.2. The van der Waals surface area contributed by atoms with Crippen molar-refractivity contribution in [1.82, 2.24) is 10.2 Å². The summed E-state index contributed by atoms with van der Waals surface area (Å²) < 4.78 is 5.14. The van der Waals surface area contributed by atoms with Crippen molar-refractivity contribution in [3.63, 3.8) is 0 Å². The van der Waals surface area contributed by atoms with Gasteiger partial charge in [-0.25, -0.2) is 0 Å². The van der Waals surface area contributed by atoms with E-state index in [0.29, 0.717) is 42.9 Å². The number of nitrogens with one attached hydrogen (secondary N) is 1. The van der Waals surface area contributed by atoms with E-state index in [1.165, 1.54) is 6.26 Å². The van der Waals surface area contributed by atoms with Crippen molar-refractivity contribution in [2.45, 2.75) is 18.9 Å². The Bertz CT molecular complexity index is 689. The molecule has 2 heterocycles. The predicted molar refractivity (Wildman–Crippen MR) is 86.0 cm³/mol. The number of likely N-dealkylation sites (tertiary alicyclic amines) is 1. The van der Waals surface area contributed by atoms with Crippen LogP contribution in [0.15, 0.2) is 47.1 Å². The van der Waals surface area contributed by atoms with Crippen molar-refractivity contribution in [1.29, 1.82) is 0 Å². The summed E-state index contributed by atoms with van der Waals surface area (Å²) >= 11 is 0. The minimum atomic E-state index is -0.168. The van der Waals surface area contributed by atoms with Gasteiger partial charge in [-0.15, -0.1) is 0 Å². The van der Waals surface area contributed by atoms with E-state index in [-0.39, 0.29) is 17.9 Å². The predicted octanol–water partition coefficient (Wildman–Crippen LogP) is 1.90. The lowest BCUT2D eigenvalue weighted by Gasteiger charge is -2.32. The summed E-state index contributed by atoms with van der Waals surface area (Å²) in [5.74, 6) is 0.0792. The second kappa shape index (κ2) is 6.56. The molecule has 1 aliphatic heterocycles. The van der Waals surface area contributed by atoms with E-state index < -0.39 is 0 Å². The zero-order valence-electron chi connectivity index (χ0n) is 12.7. The van der Waals surface area contributed by atoms with Gasteiger partial charge in [-0.1, -0.05) is 12.1 Å². The Balaban J connectivity index is 1.54. The first kappa shape index (κ1) is 15.1. The average molecular weight is 313 g/mol.